The summed E-state index contributed by atoms with van der Waals surface area (Å²) in [5.41, 5.74) is 12.8. The van der Waals surface area contributed by atoms with Crippen molar-refractivity contribution >= 4 is 28.9 Å². The van der Waals surface area contributed by atoms with E-state index in [2.05, 4.69) is 4.90 Å². The molecular weight excluding hydrogens is 262 g/mol. The summed E-state index contributed by atoms with van der Waals surface area (Å²) in [6.07, 6.45) is 5.94. The van der Waals surface area contributed by atoms with Crippen LogP contribution in [0.15, 0.2) is 12.1 Å². The summed E-state index contributed by atoms with van der Waals surface area (Å²) in [4.78, 5) is 13.8. The molecule has 1 aliphatic heterocycles. The van der Waals surface area contributed by atoms with Crippen molar-refractivity contribution in [3.63, 3.8) is 0 Å². The van der Waals surface area contributed by atoms with Crippen LogP contribution in [0.1, 0.15) is 42.5 Å². The molecule has 1 aromatic rings. The van der Waals surface area contributed by atoms with Gasteiger partial charge in [-0.3, -0.25) is 4.79 Å². The van der Waals surface area contributed by atoms with Crippen molar-refractivity contribution < 1.29 is 4.79 Å². The van der Waals surface area contributed by atoms with Crippen LogP contribution in [0.2, 0.25) is 5.02 Å². The predicted octanol–water partition coefficient (Wildman–Crippen LogP) is 2.79. The zero-order valence-corrected chi connectivity index (χ0v) is 11.7. The second-order valence-corrected chi connectivity index (χ2v) is 5.43. The van der Waals surface area contributed by atoms with Gasteiger partial charge in [0.1, 0.15) is 0 Å². The number of halogens is 1. The Labute approximate surface area is 118 Å². The van der Waals surface area contributed by atoms with Gasteiger partial charge in [0.15, 0.2) is 0 Å². The number of carbonyl (C=O) groups excluding carboxylic acids is 1. The Hall–Kier alpha value is -1.42. The highest BCUT2D eigenvalue weighted by atomic mass is 35.5. The lowest BCUT2D eigenvalue weighted by atomic mass is 10.1. The van der Waals surface area contributed by atoms with Gasteiger partial charge in [0.2, 0.25) is 0 Å². The maximum atomic E-state index is 11.6. The van der Waals surface area contributed by atoms with Crippen LogP contribution in [0.3, 0.4) is 0 Å². The molecule has 1 saturated heterocycles. The molecular formula is C14H20ClN3O. The Morgan fingerprint density at radius 2 is 1.68 bits per heavy atom. The monoisotopic (exact) mass is 281 g/mol. The van der Waals surface area contributed by atoms with Crippen molar-refractivity contribution in [1.29, 1.82) is 0 Å². The Balaban J connectivity index is 2.38. The lowest BCUT2D eigenvalue weighted by Gasteiger charge is -2.29. The molecule has 2 rings (SSSR count). The van der Waals surface area contributed by atoms with E-state index in [1.807, 2.05) is 0 Å². The normalized spacial score (nSPS) is 16.8. The Kier molecular flexibility index (Phi) is 4.53. The number of rotatable bonds is 2. The number of amides is 1. The van der Waals surface area contributed by atoms with Crippen LogP contribution in [-0.4, -0.2) is 19.0 Å². The predicted molar refractivity (Wildman–Crippen MR) is 79.7 cm³/mol. The van der Waals surface area contributed by atoms with Gasteiger partial charge >= 0.3 is 0 Å². The van der Waals surface area contributed by atoms with Crippen molar-refractivity contribution in [1.82, 2.24) is 0 Å². The van der Waals surface area contributed by atoms with E-state index < -0.39 is 5.91 Å². The lowest BCUT2D eigenvalue weighted by Crippen LogP contribution is -2.30. The molecule has 0 spiro atoms. The third-order valence-corrected chi connectivity index (χ3v) is 3.81. The zero-order chi connectivity index (χ0) is 13.8. The molecule has 1 amide bonds. The van der Waals surface area contributed by atoms with Crippen LogP contribution in [0.4, 0.5) is 11.4 Å². The standard InChI is InChI=1S/C14H20ClN3O/c15-12-9-10(16)8-11(14(17)19)13(12)18-6-4-2-1-3-5-7-18/h8-9H,1-7,16H2,(H2,17,19). The molecule has 4 N–H and O–H groups in total. The summed E-state index contributed by atoms with van der Waals surface area (Å²) in [6, 6.07) is 3.30. The van der Waals surface area contributed by atoms with E-state index >= 15 is 0 Å². The smallest absolute Gasteiger partial charge is 0.250 e. The molecule has 4 nitrogen and oxygen atoms in total. The van der Waals surface area contributed by atoms with Crippen molar-refractivity contribution in [3.05, 3.63) is 22.7 Å². The van der Waals surface area contributed by atoms with E-state index in [0.717, 1.165) is 31.6 Å². The first-order chi connectivity index (χ1) is 9.09. The molecule has 0 bridgehead atoms. The maximum absolute atomic E-state index is 11.6. The SMILES string of the molecule is NC(=O)c1cc(N)cc(Cl)c1N1CCCCCCC1. The van der Waals surface area contributed by atoms with Gasteiger partial charge in [0.25, 0.3) is 5.91 Å². The third-order valence-electron chi connectivity index (χ3n) is 3.52. The average molecular weight is 282 g/mol. The van der Waals surface area contributed by atoms with Gasteiger partial charge in [0.05, 0.1) is 16.3 Å². The number of hydrogen-bond donors (Lipinski definition) is 2. The van der Waals surface area contributed by atoms with Gasteiger partial charge in [-0.1, -0.05) is 30.9 Å². The Morgan fingerprint density at radius 1 is 1.11 bits per heavy atom. The summed E-state index contributed by atoms with van der Waals surface area (Å²) in [7, 11) is 0. The van der Waals surface area contributed by atoms with E-state index in [1.165, 1.54) is 19.3 Å². The molecule has 104 valence electrons. The molecule has 1 fully saturated rings. The van der Waals surface area contributed by atoms with Gasteiger partial charge in [-0.2, -0.15) is 0 Å². The Morgan fingerprint density at radius 3 is 2.26 bits per heavy atom. The fourth-order valence-corrected chi connectivity index (χ4v) is 2.95. The van der Waals surface area contributed by atoms with E-state index in [4.69, 9.17) is 23.1 Å². The first-order valence-corrected chi connectivity index (χ1v) is 7.11. The van der Waals surface area contributed by atoms with E-state index in [1.54, 1.807) is 12.1 Å². The number of anilines is 2. The molecule has 1 heterocycles. The van der Waals surface area contributed by atoms with Crippen LogP contribution >= 0.6 is 11.6 Å². The van der Waals surface area contributed by atoms with Crippen LogP contribution in [-0.2, 0) is 0 Å². The highest BCUT2D eigenvalue weighted by molar-refractivity contribution is 6.34. The zero-order valence-electron chi connectivity index (χ0n) is 11.0. The summed E-state index contributed by atoms with van der Waals surface area (Å²) < 4.78 is 0. The molecule has 19 heavy (non-hydrogen) atoms. The van der Waals surface area contributed by atoms with Crippen LogP contribution in [0.25, 0.3) is 0 Å². The third kappa shape index (κ3) is 3.32. The quantitative estimate of drug-likeness (QED) is 0.819. The second kappa shape index (κ2) is 6.15. The first-order valence-electron chi connectivity index (χ1n) is 6.73. The molecule has 1 aromatic carbocycles. The highest BCUT2D eigenvalue weighted by Crippen LogP contribution is 2.33. The van der Waals surface area contributed by atoms with Crippen molar-refractivity contribution in [3.8, 4) is 0 Å². The van der Waals surface area contributed by atoms with Gasteiger partial charge in [-0.15, -0.1) is 0 Å². The van der Waals surface area contributed by atoms with Crippen molar-refractivity contribution in [2.24, 2.45) is 5.73 Å². The van der Waals surface area contributed by atoms with E-state index in [0.29, 0.717) is 16.3 Å². The first kappa shape index (κ1) is 14.0. The summed E-state index contributed by atoms with van der Waals surface area (Å²) in [5.74, 6) is -0.480. The minimum atomic E-state index is -0.480. The topological polar surface area (TPSA) is 72.3 Å². The number of benzene rings is 1. The summed E-state index contributed by atoms with van der Waals surface area (Å²) >= 11 is 6.28. The van der Waals surface area contributed by atoms with Gasteiger partial charge in [-0.25, -0.2) is 0 Å². The number of nitrogens with two attached hydrogens (primary N) is 2. The summed E-state index contributed by atoms with van der Waals surface area (Å²) in [6.45, 7) is 1.81. The molecule has 0 radical (unpaired) electrons. The highest BCUT2D eigenvalue weighted by Gasteiger charge is 2.19. The molecule has 1 aliphatic rings. The number of carbonyl (C=O) groups is 1. The van der Waals surface area contributed by atoms with Crippen LogP contribution < -0.4 is 16.4 Å². The molecule has 0 aliphatic carbocycles. The van der Waals surface area contributed by atoms with Gasteiger partial charge in [0, 0.05) is 18.8 Å². The van der Waals surface area contributed by atoms with Crippen LogP contribution in [0, 0.1) is 0 Å². The van der Waals surface area contributed by atoms with E-state index in [9.17, 15) is 4.79 Å². The maximum Gasteiger partial charge on any atom is 0.250 e. The molecule has 5 heteroatoms. The molecule has 0 unspecified atom stereocenters. The van der Waals surface area contributed by atoms with Crippen LogP contribution in [0.5, 0.6) is 0 Å². The number of primary amides is 1. The fraction of sp³-hybridized carbons (Fsp3) is 0.500. The second-order valence-electron chi connectivity index (χ2n) is 5.02. The minimum Gasteiger partial charge on any atom is -0.399 e. The fourth-order valence-electron chi connectivity index (χ4n) is 2.60. The minimum absolute atomic E-state index is 0.422. The van der Waals surface area contributed by atoms with Crippen molar-refractivity contribution in [2.75, 3.05) is 23.7 Å². The number of nitrogen functional groups attached to an aromatic ring is 1. The van der Waals surface area contributed by atoms with Gasteiger partial charge in [-0.05, 0) is 25.0 Å². The number of nitrogens with zero attached hydrogens (tertiary/aromatic N) is 1. The van der Waals surface area contributed by atoms with Gasteiger partial charge < -0.3 is 16.4 Å². The molecule has 0 atom stereocenters. The van der Waals surface area contributed by atoms with Crippen molar-refractivity contribution in [2.45, 2.75) is 32.1 Å². The largest absolute Gasteiger partial charge is 0.399 e. The molecule has 0 aromatic heterocycles. The Bertz CT molecular complexity index is 468. The molecule has 0 saturated carbocycles. The summed E-state index contributed by atoms with van der Waals surface area (Å²) in [5, 5.41) is 0.509. The lowest BCUT2D eigenvalue weighted by molar-refractivity contribution is 0.100. The number of hydrogen-bond acceptors (Lipinski definition) is 3. The van der Waals surface area contributed by atoms with E-state index in [-0.39, 0.29) is 0 Å². The average Bonchev–Trinajstić information content (AvgIpc) is 2.29.